The lowest BCUT2D eigenvalue weighted by Gasteiger charge is -2.03. The maximum atomic E-state index is 5.87. The van der Waals surface area contributed by atoms with Crippen LogP contribution < -0.4 is 5.32 Å². The van der Waals surface area contributed by atoms with Crippen molar-refractivity contribution in [2.45, 2.75) is 13.0 Å². The van der Waals surface area contributed by atoms with E-state index in [1.807, 2.05) is 18.2 Å². The molecule has 3 aromatic rings. The van der Waals surface area contributed by atoms with E-state index in [0.29, 0.717) is 0 Å². The van der Waals surface area contributed by atoms with Crippen LogP contribution in [0.15, 0.2) is 48.5 Å². The maximum absolute atomic E-state index is 5.87. The van der Waals surface area contributed by atoms with Crippen LogP contribution in [0.1, 0.15) is 10.6 Å². The van der Waals surface area contributed by atoms with E-state index < -0.39 is 0 Å². The topological polar surface area (TPSA) is 24.9 Å². The Kier molecular flexibility index (Phi) is 4.31. The summed E-state index contributed by atoms with van der Waals surface area (Å²) in [5.74, 6) is 0. The average Bonchev–Trinajstić information content (AvgIpc) is 2.88. The Labute approximate surface area is 127 Å². The van der Waals surface area contributed by atoms with Gasteiger partial charge in [-0.3, -0.25) is 0 Å². The Morgan fingerprint density at radius 1 is 1.05 bits per heavy atom. The molecule has 1 N–H and O–H groups in total. The van der Waals surface area contributed by atoms with Gasteiger partial charge >= 0.3 is 0 Å². The van der Waals surface area contributed by atoms with Gasteiger partial charge in [0.2, 0.25) is 0 Å². The SMILES string of the molecule is Clc1ccc(CCNCc2nc3ccccc3s2)cc1. The summed E-state index contributed by atoms with van der Waals surface area (Å²) >= 11 is 7.62. The molecule has 0 unspecified atom stereocenters. The predicted molar refractivity (Wildman–Crippen MR) is 86.5 cm³/mol. The molecular weight excluding hydrogens is 288 g/mol. The fourth-order valence-electron chi connectivity index (χ4n) is 2.07. The van der Waals surface area contributed by atoms with Gasteiger partial charge < -0.3 is 5.32 Å². The van der Waals surface area contributed by atoms with Crippen molar-refractivity contribution in [1.82, 2.24) is 10.3 Å². The summed E-state index contributed by atoms with van der Waals surface area (Å²) in [6.45, 7) is 1.77. The monoisotopic (exact) mass is 302 g/mol. The summed E-state index contributed by atoms with van der Waals surface area (Å²) in [4.78, 5) is 4.61. The summed E-state index contributed by atoms with van der Waals surface area (Å²) in [6, 6.07) is 16.3. The number of aromatic nitrogens is 1. The number of nitrogens with one attached hydrogen (secondary N) is 1. The molecular formula is C16H15ClN2S. The van der Waals surface area contributed by atoms with Gasteiger partial charge in [-0.05, 0) is 42.8 Å². The van der Waals surface area contributed by atoms with Crippen molar-refractivity contribution in [1.29, 1.82) is 0 Å². The highest BCUT2D eigenvalue weighted by Crippen LogP contribution is 2.21. The molecule has 1 aromatic heterocycles. The van der Waals surface area contributed by atoms with Gasteiger partial charge in [-0.2, -0.15) is 0 Å². The summed E-state index contributed by atoms with van der Waals surface area (Å²) in [6.07, 6.45) is 1.00. The van der Waals surface area contributed by atoms with Crippen molar-refractivity contribution in [3.05, 3.63) is 64.1 Å². The van der Waals surface area contributed by atoms with E-state index >= 15 is 0 Å². The molecule has 0 aliphatic heterocycles. The molecule has 0 aliphatic rings. The number of hydrogen-bond donors (Lipinski definition) is 1. The third kappa shape index (κ3) is 3.37. The van der Waals surface area contributed by atoms with Gasteiger partial charge in [0, 0.05) is 11.6 Å². The van der Waals surface area contributed by atoms with Crippen molar-refractivity contribution >= 4 is 33.2 Å². The first-order valence-electron chi connectivity index (χ1n) is 6.61. The van der Waals surface area contributed by atoms with Crippen molar-refractivity contribution in [2.75, 3.05) is 6.54 Å². The van der Waals surface area contributed by atoms with E-state index in [1.54, 1.807) is 11.3 Å². The molecule has 0 saturated heterocycles. The minimum absolute atomic E-state index is 0.788. The smallest absolute Gasteiger partial charge is 0.108 e. The minimum Gasteiger partial charge on any atom is -0.310 e. The number of fused-ring (bicyclic) bond motifs is 1. The Bertz CT molecular complexity index is 658. The maximum Gasteiger partial charge on any atom is 0.108 e. The van der Waals surface area contributed by atoms with E-state index in [2.05, 4.69) is 40.6 Å². The molecule has 3 rings (SSSR count). The van der Waals surface area contributed by atoms with Crippen LogP contribution in [0.25, 0.3) is 10.2 Å². The lowest BCUT2D eigenvalue weighted by molar-refractivity contribution is 0.685. The van der Waals surface area contributed by atoms with Gasteiger partial charge in [0.25, 0.3) is 0 Å². The number of halogens is 1. The molecule has 0 fully saturated rings. The highest BCUT2D eigenvalue weighted by Gasteiger charge is 2.02. The summed E-state index contributed by atoms with van der Waals surface area (Å²) in [7, 11) is 0. The first-order chi connectivity index (χ1) is 9.81. The van der Waals surface area contributed by atoms with E-state index in [-0.39, 0.29) is 0 Å². The molecule has 0 aliphatic carbocycles. The predicted octanol–water partition coefficient (Wildman–Crippen LogP) is 4.28. The largest absolute Gasteiger partial charge is 0.310 e. The first-order valence-corrected chi connectivity index (χ1v) is 7.80. The first kappa shape index (κ1) is 13.6. The van der Waals surface area contributed by atoms with Crippen LogP contribution in [0.2, 0.25) is 5.02 Å². The van der Waals surface area contributed by atoms with Crippen molar-refractivity contribution in [3.63, 3.8) is 0 Å². The Balaban J connectivity index is 1.51. The Hall–Kier alpha value is -1.42. The van der Waals surface area contributed by atoms with Crippen LogP contribution in [0.3, 0.4) is 0 Å². The zero-order valence-corrected chi connectivity index (χ0v) is 12.5. The minimum atomic E-state index is 0.788. The van der Waals surface area contributed by atoms with Gasteiger partial charge in [-0.25, -0.2) is 4.98 Å². The number of nitrogens with zero attached hydrogens (tertiary/aromatic N) is 1. The molecule has 4 heteroatoms. The molecule has 0 atom stereocenters. The van der Waals surface area contributed by atoms with Gasteiger partial charge in [-0.1, -0.05) is 35.9 Å². The summed E-state index contributed by atoms with van der Waals surface area (Å²) in [5.41, 5.74) is 2.39. The van der Waals surface area contributed by atoms with Crippen molar-refractivity contribution in [2.24, 2.45) is 0 Å². The van der Waals surface area contributed by atoms with E-state index in [4.69, 9.17) is 11.6 Å². The molecule has 0 bridgehead atoms. The molecule has 0 radical (unpaired) electrons. The van der Waals surface area contributed by atoms with Gasteiger partial charge in [0.15, 0.2) is 0 Å². The second-order valence-electron chi connectivity index (χ2n) is 4.63. The van der Waals surface area contributed by atoms with Crippen LogP contribution in [-0.2, 0) is 13.0 Å². The highest BCUT2D eigenvalue weighted by atomic mass is 35.5. The van der Waals surface area contributed by atoms with E-state index in [1.165, 1.54) is 10.3 Å². The second kappa shape index (κ2) is 6.35. The number of thiazole rings is 1. The quantitative estimate of drug-likeness (QED) is 0.712. The normalized spacial score (nSPS) is 11.1. The molecule has 1 heterocycles. The summed E-state index contributed by atoms with van der Waals surface area (Å²) in [5, 5.41) is 5.37. The molecule has 102 valence electrons. The highest BCUT2D eigenvalue weighted by molar-refractivity contribution is 7.18. The lowest BCUT2D eigenvalue weighted by atomic mass is 10.1. The van der Waals surface area contributed by atoms with Crippen LogP contribution in [0.5, 0.6) is 0 Å². The van der Waals surface area contributed by atoms with Gasteiger partial charge in [-0.15, -0.1) is 11.3 Å². The molecule has 0 spiro atoms. The standard InChI is InChI=1S/C16H15ClN2S/c17-13-7-5-12(6-8-13)9-10-18-11-16-19-14-3-1-2-4-15(14)20-16/h1-8,18H,9-11H2. The molecule has 0 amide bonds. The number of benzene rings is 2. The Morgan fingerprint density at radius 3 is 2.65 bits per heavy atom. The molecule has 2 aromatic carbocycles. The lowest BCUT2D eigenvalue weighted by Crippen LogP contribution is -2.16. The summed E-state index contributed by atoms with van der Waals surface area (Å²) < 4.78 is 1.25. The molecule has 2 nitrogen and oxygen atoms in total. The van der Waals surface area contributed by atoms with E-state index in [9.17, 15) is 0 Å². The zero-order chi connectivity index (χ0) is 13.8. The molecule has 0 saturated carbocycles. The third-order valence-electron chi connectivity index (χ3n) is 3.12. The number of hydrogen-bond acceptors (Lipinski definition) is 3. The third-order valence-corrected chi connectivity index (χ3v) is 4.41. The number of rotatable bonds is 5. The fourth-order valence-corrected chi connectivity index (χ4v) is 3.14. The second-order valence-corrected chi connectivity index (χ2v) is 6.18. The van der Waals surface area contributed by atoms with E-state index in [0.717, 1.165) is 35.1 Å². The average molecular weight is 303 g/mol. The van der Waals surface area contributed by atoms with Gasteiger partial charge in [0.05, 0.1) is 10.2 Å². The number of para-hydroxylation sites is 1. The van der Waals surface area contributed by atoms with Crippen molar-refractivity contribution in [3.8, 4) is 0 Å². The van der Waals surface area contributed by atoms with Crippen LogP contribution in [0.4, 0.5) is 0 Å². The zero-order valence-electron chi connectivity index (χ0n) is 11.0. The fraction of sp³-hybridized carbons (Fsp3) is 0.188. The van der Waals surface area contributed by atoms with Crippen molar-refractivity contribution < 1.29 is 0 Å². The Morgan fingerprint density at radius 2 is 1.85 bits per heavy atom. The van der Waals surface area contributed by atoms with Crippen LogP contribution >= 0.6 is 22.9 Å². The molecule has 20 heavy (non-hydrogen) atoms. The van der Waals surface area contributed by atoms with Gasteiger partial charge in [0.1, 0.15) is 5.01 Å². The van der Waals surface area contributed by atoms with Crippen LogP contribution in [0, 0.1) is 0 Å². The van der Waals surface area contributed by atoms with Crippen LogP contribution in [-0.4, -0.2) is 11.5 Å².